The Labute approximate surface area is 199 Å². The highest BCUT2D eigenvalue weighted by Gasteiger charge is 2.32. The fourth-order valence-electron chi connectivity index (χ4n) is 3.08. The lowest BCUT2D eigenvalue weighted by molar-refractivity contribution is -0.122. The van der Waals surface area contributed by atoms with Crippen LogP contribution >= 0.6 is 27.7 Å². The number of esters is 1. The van der Waals surface area contributed by atoms with Gasteiger partial charge in [-0.2, -0.15) is 0 Å². The second kappa shape index (κ2) is 10.7. The number of rotatable bonds is 7. The summed E-state index contributed by atoms with van der Waals surface area (Å²) in [4.78, 5) is 31.5. The number of aliphatic imine (C=N–C) groups is 1. The number of methoxy groups -OCH3 is 2. The normalized spacial score (nSPS) is 16.0. The Kier molecular flexibility index (Phi) is 7.98. The zero-order valence-corrected chi connectivity index (χ0v) is 20.6. The first-order valence-electron chi connectivity index (χ1n) is 9.90. The molecule has 0 spiro atoms. The van der Waals surface area contributed by atoms with Crippen molar-refractivity contribution >= 4 is 56.5 Å². The Morgan fingerprint density at radius 2 is 2.00 bits per heavy atom. The van der Waals surface area contributed by atoms with E-state index in [0.717, 1.165) is 10.0 Å². The van der Waals surface area contributed by atoms with Crippen LogP contribution in [0.15, 0.2) is 50.8 Å². The largest absolute Gasteiger partial charge is 0.492 e. The summed E-state index contributed by atoms with van der Waals surface area (Å²) < 4.78 is 16.6. The lowest BCUT2D eigenvalue weighted by Crippen LogP contribution is -2.28. The summed E-state index contributed by atoms with van der Waals surface area (Å²) in [5.41, 5.74) is 1.75. The Morgan fingerprint density at radius 3 is 2.66 bits per heavy atom. The van der Waals surface area contributed by atoms with E-state index in [0.29, 0.717) is 46.0 Å². The highest BCUT2D eigenvalue weighted by atomic mass is 79.9. The van der Waals surface area contributed by atoms with Gasteiger partial charge >= 0.3 is 5.97 Å². The second-order valence-electron chi connectivity index (χ2n) is 6.56. The number of carbonyl (C=O) groups is 2. The molecule has 0 N–H and O–H groups in total. The van der Waals surface area contributed by atoms with Crippen LogP contribution in [0, 0.1) is 0 Å². The molecular formula is C23H23BrN2O5S. The smallest absolute Gasteiger partial charge is 0.337 e. The number of amides is 1. The van der Waals surface area contributed by atoms with Gasteiger partial charge in [0.05, 0.1) is 41.5 Å². The third-order valence-corrected chi connectivity index (χ3v) is 6.13. The van der Waals surface area contributed by atoms with Gasteiger partial charge in [-0.3, -0.25) is 9.69 Å². The number of thioether (sulfide) groups is 1. The summed E-state index contributed by atoms with van der Waals surface area (Å²) in [6.45, 7) is 4.74. The van der Waals surface area contributed by atoms with Crippen molar-refractivity contribution in [3.05, 3.63) is 56.9 Å². The van der Waals surface area contributed by atoms with Crippen LogP contribution in [0.2, 0.25) is 0 Å². The van der Waals surface area contributed by atoms with E-state index < -0.39 is 5.97 Å². The van der Waals surface area contributed by atoms with Gasteiger partial charge in [-0.05, 0) is 83.5 Å². The molecule has 1 heterocycles. The molecule has 0 aromatic heterocycles. The maximum atomic E-state index is 13.0. The van der Waals surface area contributed by atoms with Gasteiger partial charge < -0.3 is 14.2 Å². The van der Waals surface area contributed by atoms with Crippen LogP contribution in [0.4, 0.5) is 5.69 Å². The summed E-state index contributed by atoms with van der Waals surface area (Å²) in [5.74, 6) is 0.616. The van der Waals surface area contributed by atoms with Gasteiger partial charge in [-0.15, -0.1) is 0 Å². The standard InChI is InChI=1S/C23H23BrN2O5S/c1-5-26-21(27)19(12-14-10-17(24)20(29-3)18(11-14)31-6-2)32-23(26)25-16-9-7-8-15(13-16)22(28)30-4/h7-13H,5-6H2,1-4H3. The summed E-state index contributed by atoms with van der Waals surface area (Å²) in [5, 5.41) is 0.545. The van der Waals surface area contributed by atoms with Gasteiger partial charge in [0.2, 0.25) is 0 Å². The molecule has 0 radical (unpaired) electrons. The monoisotopic (exact) mass is 518 g/mol. The highest BCUT2D eigenvalue weighted by Crippen LogP contribution is 2.39. The molecule has 2 aromatic carbocycles. The summed E-state index contributed by atoms with van der Waals surface area (Å²) in [7, 11) is 2.91. The topological polar surface area (TPSA) is 77.4 Å². The van der Waals surface area contributed by atoms with Crippen LogP contribution in [0.25, 0.3) is 6.08 Å². The molecule has 0 unspecified atom stereocenters. The zero-order chi connectivity index (χ0) is 23.3. The van der Waals surface area contributed by atoms with Crippen molar-refractivity contribution in [3.8, 4) is 11.5 Å². The van der Waals surface area contributed by atoms with Crippen molar-refractivity contribution < 1.29 is 23.8 Å². The highest BCUT2D eigenvalue weighted by molar-refractivity contribution is 9.10. The van der Waals surface area contributed by atoms with E-state index in [2.05, 4.69) is 20.9 Å². The predicted octanol–water partition coefficient (Wildman–Crippen LogP) is 5.27. The van der Waals surface area contributed by atoms with Gasteiger partial charge in [0, 0.05) is 6.54 Å². The van der Waals surface area contributed by atoms with E-state index in [1.54, 1.807) is 42.4 Å². The van der Waals surface area contributed by atoms with E-state index in [9.17, 15) is 9.59 Å². The molecule has 1 aliphatic heterocycles. The number of likely N-dealkylation sites (N-methyl/N-ethyl adjacent to an activating group) is 1. The van der Waals surface area contributed by atoms with E-state index in [-0.39, 0.29) is 5.91 Å². The summed E-state index contributed by atoms with van der Waals surface area (Å²) in [6.07, 6.45) is 1.80. The third-order valence-electron chi connectivity index (χ3n) is 4.53. The number of halogens is 1. The molecule has 1 saturated heterocycles. The zero-order valence-electron chi connectivity index (χ0n) is 18.2. The van der Waals surface area contributed by atoms with Crippen LogP contribution < -0.4 is 9.47 Å². The molecule has 1 fully saturated rings. The maximum Gasteiger partial charge on any atom is 0.337 e. The minimum absolute atomic E-state index is 0.134. The molecular weight excluding hydrogens is 496 g/mol. The van der Waals surface area contributed by atoms with Crippen LogP contribution in [0.5, 0.6) is 11.5 Å². The van der Waals surface area contributed by atoms with Crippen molar-refractivity contribution in [2.75, 3.05) is 27.4 Å². The van der Waals surface area contributed by atoms with Crippen LogP contribution in [-0.4, -0.2) is 49.3 Å². The number of hydrogen-bond acceptors (Lipinski definition) is 7. The number of nitrogens with zero attached hydrogens (tertiary/aromatic N) is 2. The molecule has 2 aromatic rings. The maximum absolute atomic E-state index is 13.0. The second-order valence-corrected chi connectivity index (χ2v) is 8.43. The Balaban J connectivity index is 1.96. The molecule has 0 bridgehead atoms. The first kappa shape index (κ1) is 23.9. The van der Waals surface area contributed by atoms with E-state index in [1.807, 2.05) is 26.0 Å². The fraction of sp³-hybridized carbons (Fsp3) is 0.261. The molecule has 32 heavy (non-hydrogen) atoms. The van der Waals surface area contributed by atoms with Crippen molar-refractivity contribution in [1.82, 2.24) is 4.90 Å². The molecule has 7 nitrogen and oxygen atoms in total. The number of amidine groups is 1. The quantitative estimate of drug-likeness (QED) is 0.367. The van der Waals surface area contributed by atoms with Crippen molar-refractivity contribution in [1.29, 1.82) is 0 Å². The molecule has 168 valence electrons. The molecule has 0 atom stereocenters. The predicted molar refractivity (Wildman–Crippen MR) is 130 cm³/mol. The summed E-state index contributed by atoms with van der Waals surface area (Å²) in [6, 6.07) is 10.5. The summed E-state index contributed by atoms with van der Waals surface area (Å²) >= 11 is 4.78. The van der Waals surface area contributed by atoms with Crippen LogP contribution in [0.3, 0.4) is 0 Å². The van der Waals surface area contributed by atoms with Gasteiger partial charge in [-0.1, -0.05) is 6.07 Å². The molecule has 1 aliphatic rings. The number of ether oxygens (including phenoxy) is 3. The molecule has 3 rings (SSSR count). The first-order valence-corrected chi connectivity index (χ1v) is 11.5. The van der Waals surface area contributed by atoms with Crippen molar-refractivity contribution in [3.63, 3.8) is 0 Å². The Hall–Kier alpha value is -2.78. The van der Waals surface area contributed by atoms with E-state index >= 15 is 0 Å². The molecule has 9 heteroatoms. The number of hydrogen-bond donors (Lipinski definition) is 0. The Bertz CT molecular complexity index is 1100. The van der Waals surface area contributed by atoms with Gasteiger partial charge in [-0.25, -0.2) is 9.79 Å². The van der Waals surface area contributed by atoms with E-state index in [1.165, 1.54) is 18.9 Å². The van der Waals surface area contributed by atoms with Crippen molar-refractivity contribution in [2.45, 2.75) is 13.8 Å². The minimum Gasteiger partial charge on any atom is -0.492 e. The van der Waals surface area contributed by atoms with Crippen LogP contribution in [0.1, 0.15) is 29.8 Å². The van der Waals surface area contributed by atoms with Gasteiger partial charge in [0.15, 0.2) is 16.7 Å². The molecule has 1 amide bonds. The van der Waals surface area contributed by atoms with E-state index in [4.69, 9.17) is 14.2 Å². The fourth-order valence-corrected chi connectivity index (χ4v) is 4.77. The Morgan fingerprint density at radius 1 is 1.22 bits per heavy atom. The SMILES string of the molecule is CCOc1cc(C=C2SC(=Nc3cccc(C(=O)OC)c3)N(CC)C2=O)cc(Br)c1OC. The number of benzene rings is 2. The lowest BCUT2D eigenvalue weighted by Gasteiger charge is -2.12. The van der Waals surface area contributed by atoms with Crippen molar-refractivity contribution in [2.24, 2.45) is 4.99 Å². The number of carbonyl (C=O) groups excluding carboxylic acids is 2. The third kappa shape index (κ3) is 5.16. The average molecular weight is 519 g/mol. The first-order chi connectivity index (χ1) is 15.4. The molecule has 0 saturated carbocycles. The van der Waals surface area contributed by atoms with Gasteiger partial charge in [0.1, 0.15) is 0 Å². The van der Waals surface area contributed by atoms with Gasteiger partial charge in [0.25, 0.3) is 5.91 Å². The molecule has 0 aliphatic carbocycles. The minimum atomic E-state index is -0.440. The average Bonchev–Trinajstić information content (AvgIpc) is 3.07. The lowest BCUT2D eigenvalue weighted by atomic mass is 10.2. The van der Waals surface area contributed by atoms with Crippen LogP contribution in [-0.2, 0) is 9.53 Å².